The first-order valence-corrected chi connectivity index (χ1v) is 13.1. The molecule has 4 aliphatic carbocycles. The number of fused-ring (bicyclic) bond motifs is 5. The maximum atomic E-state index is 12.2. The van der Waals surface area contributed by atoms with Crippen molar-refractivity contribution >= 4 is 11.9 Å². The van der Waals surface area contributed by atoms with Gasteiger partial charge in [-0.2, -0.15) is 0 Å². The van der Waals surface area contributed by atoms with Crippen LogP contribution < -0.4 is 0 Å². The lowest BCUT2D eigenvalue weighted by Crippen LogP contribution is -2.62. The number of aliphatic hydroxyl groups excluding tert-OH is 2. The van der Waals surface area contributed by atoms with Crippen molar-refractivity contribution in [2.75, 3.05) is 7.11 Å². The van der Waals surface area contributed by atoms with Crippen molar-refractivity contribution in [1.82, 2.24) is 0 Å². The predicted molar refractivity (Wildman–Crippen MR) is 124 cm³/mol. The van der Waals surface area contributed by atoms with E-state index in [-0.39, 0.29) is 28.9 Å². The summed E-state index contributed by atoms with van der Waals surface area (Å²) in [5, 5.41) is 21.6. The third-order valence-corrected chi connectivity index (χ3v) is 10.9. The van der Waals surface area contributed by atoms with Crippen LogP contribution in [0.3, 0.4) is 0 Å². The van der Waals surface area contributed by atoms with Crippen molar-refractivity contribution in [3.8, 4) is 0 Å². The van der Waals surface area contributed by atoms with Crippen LogP contribution in [0.4, 0.5) is 0 Å². The minimum Gasteiger partial charge on any atom is -0.469 e. The Morgan fingerprint density at radius 1 is 1.00 bits per heavy atom. The largest absolute Gasteiger partial charge is 0.469 e. The molecule has 0 aliphatic heterocycles. The third-order valence-electron chi connectivity index (χ3n) is 10.9. The number of methoxy groups -OCH3 is 1. The van der Waals surface area contributed by atoms with Crippen molar-refractivity contribution in [3.05, 3.63) is 0 Å². The van der Waals surface area contributed by atoms with Gasteiger partial charge in [0.1, 0.15) is 6.10 Å². The first-order valence-electron chi connectivity index (χ1n) is 13.1. The highest BCUT2D eigenvalue weighted by Gasteiger charge is 2.66. The summed E-state index contributed by atoms with van der Waals surface area (Å²) in [7, 11) is 1.44. The molecule has 0 amide bonds. The summed E-state index contributed by atoms with van der Waals surface area (Å²) in [5.74, 6) is 1.90. The quantitative estimate of drug-likeness (QED) is 0.595. The van der Waals surface area contributed by atoms with E-state index in [0.29, 0.717) is 48.3 Å². The van der Waals surface area contributed by atoms with Gasteiger partial charge >= 0.3 is 11.9 Å². The van der Waals surface area contributed by atoms with E-state index in [1.165, 1.54) is 14.0 Å². The Labute approximate surface area is 198 Å². The van der Waals surface area contributed by atoms with Gasteiger partial charge in [0, 0.05) is 18.8 Å². The van der Waals surface area contributed by atoms with Gasteiger partial charge in [-0.3, -0.25) is 9.59 Å². The lowest BCUT2D eigenvalue weighted by Gasteiger charge is -2.63. The lowest BCUT2D eigenvalue weighted by molar-refractivity contribution is -0.216. The molecule has 0 heterocycles. The fourth-order valence-corrected chi connectivity index (χ4v) is 9.22. The molecule has 2 N–H and O–H groups in total. The molecule has 0 aromatic carbocycles. The average Bonchev–Trinajstić information content (AvgIpc) is 3.11. The van der Waals surface area contributed by atoms with E-state index in [9.17, 15) is 19.8 Å². The lowest BCUT2D eigenvalue weighted by atomic mass is 9.43. The molecule has 0 bridgehead atoms. The smallest absolute Gasteiger partial charge is 0.305 e. The molecule has 0 aromatic rings. The number of carbonyl (C=O) groups excluding carboxylic acids is 2. The Kier molecular flexibility index (Phi) is 6.92. The van der Waals surface area contributed by atoms with Crippen LogP contribution in [0.5, 0.6) is 0 Å². The minimum absolute atomic E-state index is 0.120. The van der Waals surface area contributed by atoms with Crippen molar-refractivity contribution in [3.63, 3.8) is 0 Å². The van der Waals surface area contributed by atoms with Crippen LogP contribution in [0.1, 0.15) is 85.5 Å². The summed E-state index contributed by atoms with van der Waals surface area (Å²) < 4.78 is 11.0. The number of hydrogen-bond acceptors (Lipinski definition) is 6. The molecule has 0 radical (unpaired) electrons. The second-order valence-electron chi connectivity index (χ2n) is 12.1. The van der Waals surface area contributed by atoms with E-state index in [1.807, 2.05) is 0 Å². The monoisotopic (exact) mass is 464 g/mol. The van der Waals surface area contributed by atoms with E-state index in [1.54, 1.807) is 0 Å². The van der Waals surface area contributed by atoms with Gasteiger partial charge in [0.2, 0.25) is 0 Å². The van der Waals surface area contributed by atoms with Crippen LogP contribution in [0, 0.1) is 46.3 Å². The predicted octanol–water partition coefficient (Wildman–Crippen LogP) is 4.11. The Hall–Kier alpha value is -1.14. The van der Waals surface area contributed by atoms with Crippen LogP contribution in [-0.2, 0) is 19.1 Å². The second kappa shape index (κ2) is 9.14. The topological polar surface area (TPSA) is 93.1 Å². The Morgan fingerprint density at radius 2 is 1.73 bits per heavy atom. The van der Waals surface area contributed by atoms with Gasteiger partial charge in [0.15, 0.2) is 0 Å². The highest BCUT2D eigenvalue weighted by molar-refractivity contribution is 5.69. The maximum Gasteiger partial charge on any atom is 0.305 e. The molecule has 4 saturated carbocycles. The molecule has 6 heteroatoms. The van der Waals surface area contributed by atoms with Crippen molar-refractivity contribution in [2.24, 2.45) is 46.3 Å². The molecule has 0 spiro atoms. The third kappa shape index (κ3) is 4.03. The summed E-state index contributed by atoms with van der Waals surface area (Å²) in [5.41, 5.74) is -0.360. The number of aliphatic hydroxyl groups is 2. The van der Waals surface area contributed by atoms with Crippen molar-refractivity contribution in [1.29, 1.82) is 0 Å². The van der Waals surface area contributed by atoms with E-state index >= 15 is 0 Å². The summed E-state index contributed by atoms with van der Waals surface area (Å²) in [6, 6.07) is 0. The van der Waals surface area contributed by atoms with Crippen molar-refractivity contribution < 1.29 is 29.3 Å². The SMILES string of the molecule is COC(=O)CC[C@@H](C)[C@H]1CC[C@H]2[C@H]3CC[C@@H]4C[C@H](O)C[C@@H](O)[C@]4(C)[C@H]3C[C@H](OC(C)=O)[C@]12C. The van der Waals surface area contributed by atoms with Crippen LogP contribution in [0.15, 0.2) is 0 Å². The summed E-state index contributed by atoms with van der Waals surface area (Å²) in [4.78, 5) is 24.0. The molecule has 33 heavy (non-hydrogen) atoms. The number of ether oxygens (including phenoxy) is 2. The molecule has 4 fully saturated rings. The first kappa shape index (κ1) is 25.0. The van der Waals surface area contributed by atoms with Crippen LogP contribution in [0.25, 0.3) is 0 Å². The van der Waals surface area contributed by atoms with E-state index in [4.69, 9.17) is 9.47 Å². The maximum absolute atomic E-state index is 12.2. The zero-order valence-electron chi connectivity index (χ0n) is 21.1. The normalized spacial score (nSPS) is 47.6. The number of rotatable bonds is 5. The van der Waals surface area contributed by atoms with Gasteiger partial charge in [0.25, 0.3) is 0 Å². The van der Waals surface area contributed by atoms with Gasteiger partial charge in [-0.25, -0.2) is 0 Å². The highest BCUT2D eigenvalue weighted by atomic mass is 16.5. The molecule has 4 aliphatic rings. The zero-order valence-corrected chi connectivity index (χ0v) is 21.1. The minimum atomic E-state index is -0.516. The standard InChI is InChI=1S/C27H44O6/c1-15(6-11-25(31)32-5)20-9-10-21-19-8-7-17-12-18(29)13-23(30)26(17,3)22(19)14-24(27(20,21)4)33-16(2)28/h15,17-24,29-30H,6-14H2,1-5H3/t15-,17-,18+,19-,20-,21+,22+,23-,24+,26+,27-/m1/s1. The van der Waals surface area contributed by atoms with Gasteiger partial charge in [-0.05, 0) is 92.3 Å². The molecular weight excluding hydrogens is 420 g/mol. The first-order chi connectivity index (χ1) is 15.5. The van der Waals surface area contributed by atoms with E-state index in [0.717, 1.165) is 44.9 Å². The molecule has 0 saturated heterocycles. The van der Waals surface area contributed by atoms with Crippen LogP contribution >= 0.6 is 0 Å². The van der Waals surface area contributed by atoms with Crippen LogP contribution in [0.2, 0.25) is 0 Å². The molecular formula is C27H44O6. The molecule has 11 atom stereocenters. The fourth-order valence-electron chi connectivity index (χ4n) is 9.22. The Balaban J connectivity index is 1.64. The molecule has 4 rings (SSSR count). The highest BCUT2D eigenvalue weighted by Crippen LogP contribution is 2.68. The van der Waals surface area contributed by atoms with Crippen LogP contribution in [-0.4, -0.2) is 47.6 Å². The number of carbonyl (C=O) groups is 2. The van der Waals surface area contributed by atoms with Gasteiger partial charge < -0.3 is 19.7 Å². The zero-order chi connectivity index (χ0) is 24.1. The molecule has 0 unspecified atom stereocenters. The van der Waals surface area contributed by atoms with E-state index < -0.39 is 12.2 Å². The number of hydrogen-bond donors (Lipinski definition) is 2. The Bertz CT molecular complexity index is 753. The van der Waals surface area contributed by atoms with E-state index in [2.05, 4.69) is 20.8 Å². The molecule has 188 valence electrons. The number of esters is 2. The summed E-state index contributed by atoms with van der Waals surface area (Å²) in [6.07, 6.45) is 6.49. The van der Waals surface area contributed by atoms with Gasteiger partial charge in [0.05, 0.1) is 19.3 Å². The van der Waals surface area contributed by atoms with Gasteiger partial charge in [-0.15, -0.1) is 0 Å². The second-order valence-corrected chi connectivity index (χ2v) is 12.1. The average molecular weight is 465 g/mol. The molecule has 6 nitrogen and oxygen atoms in total. The van der Waals surface area contributed by atoms with Gasteiger partial charge in [-0.1, -0.05) is 20.8 Å². The summed E-state index contributed by atoms with van der Waals surface area (Å²) in [6.45, 7) is 8.32. The summed E-state index contributed by atoms with van der Waals surface area (Å²) >= 11 is 0. The fraction of sp³-hybridized carbons (Fsp3) is 0.926. The van der Waals surface area contributed by atoms with Crippen molar-refractivity contribution in [2.45, 2.75) is 104 Å². The Morgan fingerprint density at radius 3 is 2.39 bits per heavy atom. The molecule has 0 aromatic heterocycles.